The van der Waals surface area contributed by atoms with Crippen LogP contribution in [0.2, 0.25) is 0 Å². The Kier molecular flexibility index (Phi) is 5.45. The predicted octanol–water partition coefficient (Wildman–Crippen LogP) is 3.73. The number of halogens is 3. The quantitative estimate of drug-likeness (QED) is 0.827. The van der Waals surface area contributed by atoms with Gasteiger partial charge in [0, 0.05) is 5.69 Å². The van der Waals surface area contributed by atoms with Crippen molar-refractivity contribution in [2.24, 2.45) is 0 Å². The third-order valence-electron chi connectivity index (χ3n) is 2.73. The van der Waals surface area contributed by atoms with E-state index in [1.54, 1.807) is 0 Å². The van der Waals surface area contributed by atoms with Gasteiger partial charge in [0.1, 0.15) is 10.6 Å². The summed E-state index contributed by atoms with van der Waals surface area (Å²) in [6.45, 7) is -1.38. The highest BCUT2D eigenvalue weighted by molar-refractivity contribution is 7.16. The largest absolute Gasteiger partial charge is 0.484 e. The molecule has 0 radical (unpaired) electrons. The number of ether oxygens (including phenoxy) is 2. The molecule has 1 N–H and O–H groups in total. The second-order valence-electron chi connectivity index (χ2n) is 4.54. The van der Waals surface area contributed by atoms with E-state index < -0.39 is 24.7 Å². The summed E-state index contributed by atoms with van der Waals surface area (Å²) in [5, 5.41) is 2.57. The Morgan fingerprint density at radius 2 is 1.71 bits per heavy atom. The highest BCUT2D eigenvalue weighted by atomic mass is 32.1. The Morgan fingerprint density at radius 3 is 2.29 bits per heavy atom. The van der Waals surface area contributed by atoms with Gasteiger partial charge in [-0.2, -0.15) is 13.2 Å². The second kappa shape index (κ2) is 7.35. The molecule has 0 spiro atoms. The lowest BCUT2D eigenvalue weighted by Gasteiger charge is -2.09. The number of amides is 1. The van der Waals surface area contributed by atoms with Crippen molar-refractivity contribution in [1.29, 1.82) is 0 Å². The monoisotopic (exact) mass is 359 g/mol. The van der Waals surface area contributed by atoms with Crippen LogP contribution in [0.5, 0.6) is 5.75 Å². The third kappa shape index (κ3) is 4.98. The molecule has 0 aliphatic heterocycles. The minimum Gasteiger partial charge on any atom is -0.484 e. The van der Waals surface area contributed by atoms with E-state index >= 15 is 0 Å². The van der Waals surface area contributed by atoms with Crippen molar-refractivity contribution in [3.8, 4) is 5.75 Å². The second-order valence-corrected chi connectivity index (χ2v) is 5.62. The molecule has 2 aromatic rings. The summed E-state index contributed by atoms with van der Waals surface area (Å²) in [6, 6.07) is 8.41. The molecule has 1 aromatic carbocycles. The molecule has 2 rings (SSSR count). The molecule has 24 heavy (non-hydrogen) atoms. The van der Waals surface area contributed by atoms with Crippen molar-refractivity contribution in [2.75, 3.05) is 19.0 Å². The van der Waals surface area contributed by atoms with Crippen molar-refractivity contribution < 1.29 is 32.2 Å². The number of nitrogens with one attached hydrogen (secondary N) is 1. The van der Waals surface area contributed by atoms with Crippen molar-refractivity contribution in [3.63, 3.8) is 0 Å². The van der Waals surface area contributed by atoms with E-state index in [4.69, 9.17) is 0 Å². The average Bonchev–Trinajstić information content (AvgIpc) is 3.03. The lowest BCUT2D eigenvalue weighted by atomic mass is 10.3. The van der Waals surface area contributed by atoms with Gasteiger partial charge in [-0.1, -0.05) is 0 Å². The first-order chi connectivity index (χ1) is 11.3. The predicted molar refractivity (Wildman–Crippen MR) is 81.6 cm³/mol. The summed E-state index contributed by atoms with van der Waals surface area (Å²) in [4.78, 5) is 24.0. The molecule has 0 bridgehead atoms. The van der Waals surface area contributed by atoms with Crippen molar-refractivity contribution in [2.45, 2.75) is 6.18 Å². The molecule has 0 unspecified atom stereocenters. The maximum Gasteiger partial charge on any atom is 0.422 e. The molecule has 0 fully saturated rings. The van der Waals surface area contributed by atoms with Crippen LogP contribution in [0.1, 0.15) is 19.3 Å². The van der Waals surface area contributed by atoms with Gasteiger partial charge in [-0.05, 0) is 36.4 Å². The topological polar surface area (TPSA) is 64.6 Å². The summed E-state index contributed by atoms with van der Waals surface area (Å²) in [5.74, 6) is -0.946. The normalized spacial score (nSPS) is 11.0. The van der Waals surface area contributed by atoms with E-state index in [9.17, 15) is 22.8 Å². The fourth-order valence-electron chi connectivity index (χ4n) is 1.66. The van der Waals surface area contributed by atoms with E-state index in [2.05, 4.69) is 14.8 Å². The van der Waals surface area contributed by atoms with Crippen LogP contribution in [0.3, 0.4) is 0 Å². The van der Waals surface area contributed by atoms with Crippen LogP contribution in [-0.4, -0.2) is 31.8 Å². The van der Waals surface area contributed by atoms with Crippen molar-refractivity contribution in [1.82, 2.24) is 0 Å². The molecule has 0 saturated heterocycles. The molecular weight excluding hydrogens is 347 g/mol. The van der Waals surface area contributed by atoms with E-state index in [-0.39, 0.29) is 5.75 Å². The van der Waals surface area contributed by atoms with Gasteiger partial charge < -0.3 is 14.8 Å². The number of thiophene rings is 1. The minimum atomic E-state index is -4.41. The summed E-state index contributed by atoms with van der Waals surface area (Å²) < 4.78 is 45.3. The molecule has 9 heteroatoms. The summed E-state index contributed by atoms with van der Waals surface area (Å²) in [7, 11) is 1.24. The molecule has 0 atom stereocenters. The van der Waals surface area contributed by atoms with E-state index in [1.807, 2.05) is 0 Å². The highest BCUT2D eigenvalue weighted by Gasteiger charge is 2.28. The molecule has 1 amide bonds. The van der Waals surface area contributed by atoms with E-state index in [0.29, 0.717) is 15.4 Å². The number of methoxy groups -OCH3 is 1. The minimum absolute atomic E-state index is 0.0365. The fourth-order valence-corrected chi connectivity index (χ4v) is 2.48. The maximum atomic E-state index is 12.1. The maximum absolute atomic E-state index is 12.1. The van der Waals surface area contributed by atoms with Crippen molar-refractivity contribution in [3.05, 3.63) is 46.2 Å². The summed E-state index contributed by atoms with van der Waals surface area (Å²) in [5.41, 5.74) is 0.382. The van der Waals surface area contributed by atoms with Crippen molar-refractivity contribution >= 4 is 28.9 Å². The first kappa shape index (κ1) is 17.8. The number of alkyl halides is 3. The Hall–Kier alpha value is -2.55. The lowest BCUT2D eigenvalue weighted by molar-refractivity contribution is -0.153. The molecule has 5 nitrogen and oxygen atoms in total. The smallest absolute Gasteiger partial charge is 0.422 e. The standard InChI is InChI=1S/C15H12F3NO4S/c1-22-14(21)12-7-6-11(24-12)13(20)19-9-2-4-10(5-3-9)23-8-15(16,17)18/h2-7H,8H2,1H3,(H,19,20). The van der Waals surface area contributed by atoms with Gasteiger partial charge in [-0.25, -0.2) is 4.79 Å². The fraction of sp³-hybridized carbons (Fsp3) is 0.200. The number of carbonyl (C=O) groups is 2. The van der Waals surface area contributed by atoms with Gasteiger partial charge in [0.2, 0.25) is 0 Å². The van der Waals surface area contributed by atoms with Crippen LogP contribution in [0, 0.1) is 0 Å². The van der Waals surface area contributed by atoms with Crippen LogP contribution in [0.15, 0.2) is 36.4 Å². The van der Waals surface area contributed by atoms with Crippen LogP contribution in [0.4, 0.5) is 18.9 Å². The molecule has 1 heterocycles. The molecule has 1 aromatic heterocycles. The Morgan fingerprint density at radius 1 is 1.08 bits per heavy atom. The summed E-state index contributed by atoms with van der Waals surface area (Å²) >= 11 is 0.971. The number of esters is 1. The van der Waals surface area contributed by atoms with Crippen LogP contribution >= 0.6 is 11.3 Å². The number of benzene rings is 1. The van der Waals surface area contributed by atoms with Gasteiger partial charge in [0.05, 0.1) is 12.0 Å². The number of anilines is 1. The van der Waals surface area contributed by atoms with Gasteiger partial charge in [-0.3, -0.25) is 4.79 Å². The molecule has 0 saturated carbocycles. The van der Waals surface area contributed by atoms with Gasteiger partial charge in [0.25, 0.3) is 5.91 Å². The van der Waals surface area contributed by atoms with E-state index in [1.165, 1.54) is 43.5 Å². The molecule has 128 valence electrons. The van der Waals surface area contributed by atoms with Gasteiger partial charge in [0.15, 0.2) is 6.61 Å². The lowest BCUT2D eigenvalue weighted by Crippen LogP contribution is -2.19. The number of hydrogen-bond acceptors (Lipinski definition) is 5. The third-order valence-corrected chi connectivity index (χ3v) is 3.80. The Bertz CT molecular complexity index is 725. The van der Waals surface area contributed by atoms with Crippen LogP contribution < -0.4 is 10.1 Å². The Labute approximate surface area is 139 Å². The highest BCUT2D eigenvalue weighted by Crippen LogP contribution is 2.22. The Balaban J connectivity index is 1.97. The van der Waals surface area contributed by atoms with E-state index in [0.717, 1.165) is 11.3 Å². The number of rotatable bonds is 5. The zero-order chi connectivity index (χ0) is 17.7. The molecule has 0 aliphatic carbocycles. The molecular formula is C15H12F3NO4S. The zero-order valence-corrected chi connectivity index (χ0v) is 13.2. The number of carbonyl (C=O) groups excluding carboxylic acids is 2. The van der Waals surface area contributed by atoms with Gasteiger partial charge in [-0.15, -0.1) is 11.3 Å². The van der Waals surface area contributed by atoms with Crippen LogP contribution in [0.25, 0.3) is 0 Å². The van der Waals surface area contributed by atoms with Crippen LogP contribution in [-0.2, 0) is 4.74 Å². The first-order valence-corrected chi connectivity index (χ1v) is 7.39. The first-order valence-electron chi connectivity index (χ1n) is 6.57. The zero-order valence-electron chi connectivity index (χ0n) is 12.3. The number of hydrogen-bond donors (Lipinski definition) is 1. The SMILES string of the molecule is COC(=O)c1ccc(C(=O)Nc2ccc(OCC(F)(F)F)cc2)s1. The summed E-state index contributed by atoms with van der Waals surface area (Å²) in [6.07, 6.45) is -4.41. The average molecular weight is 359 g/mol. The van der Waals surface area contributed by atoms with Gasteiger partial charge >= 0.3 is 12.1 Å². The molecule has 0 aliphatic rings.